The Kier molecular flexibility index (Phi) is 2.90. The zero-order valence-corrected chi connectivity index (χ0v) is 11.4. The summed E-state index contributed by atoms with van der Waals surface area (Å²) in [7, 11) is 0. The van der Waals surface area contributed by atoms with E-state index < -0.39 is 0 Å². The number of pyridine rings is 1. The van der Waals surface area contributed by atoms with Gasteiger partial charge in [-0.15, -0.1) is 0 Å². The van der Waals surface area contributed by atoms with Gasteiger partial charge < -0.3 is 18.1 Å². The summed E-state index contributed by atoms with van der Waals surface area (Å²) in [5.41, 5.74) is 3.03. The number of ether oxygens (including phenoxy) is 1. The number of carbonyl (C=O) groups excluding carboxylic acids is 1. The monoisotopic (exact) mass is 363 g/mol. The molecule has 3 rings (SSSR count). The summed E-state index contributed by atoms with van der Waals surface area (Å²) in [5, 5.41) is 0. The molecule has 96 valence electrons. The highest BCUT2D eigenvalue weighted by molar-refractivity contribution is 14.1. The Morgan fingerprint density at radius 1 is 1.50 bits per heavy atom. The lowest BCUT2D eigenvalue weighted by Crippen LogP contribution is -2.59. The second-order valence-corrected chi connectivity index (χ2v) is 4.46. The molecular formula is C10H10IN3O4. The normalized spacial score (nSPS) is 21.9. The highest BCUT2D eigenvalue weighted by Crippen LogP contribution is 2.23. The van der Waals surface area contributed by atoms with Gasteiger partial charge in [-0.3, -0.25) is 14.3 Å². The largest absolute Gasteiger partial charge is 0.421 e. The lowest BCUT2D eigenvalue weighted by atomic mass is 10.2. The van der Waals surface area contributed by atoms with E-state index in [2.05, 4.69) is 5.43 Å². The maximum atomic E-state index is 12.4. The molecule has 1 amide bonds. The smallest absolute Gasteiger partial charge is 0.278 e. The van der Waals surface area contributed by atoms with Crippen LogP contribution in [-0.2, 0) is 4.74 Å². The van der Waals surface area contributed by atoms with E-state index in [0.717, 1.165) is 0 Å². The zero-order valence-electron chi connectivity index (χ0n) is 9.26. The maximum Gasteiger partial charge on any atom is 0.278 e. The summed E-state index contributed by atoms with van der Waals surface area (Å²) in [5.74, 6) is -0.160. The quantitative estimate of drug-likeness (QED) is 0.708. The molecule has 8 heteroatoms. The van der Waals surface area contributed by atoms with Crippen molar-refractivity contribution in [3.05, 3.63) is 28.2 Å². The first-order chi connectivity index (χ1) is 8.72. The second kappa shape index (κ2) is 4.43. The molecule has 18 heavy (non-hydrogen) atoms. The van der Waals surface area contributed by atoms with Crippen molar-refractivity contribution < 1.29 is 12.6 Å². The van der Waals surface area contributed by atoms with Gasteiger partial charge in [0.1, 0.15) is 6.17 Å². The number of hydrogen-bond donors (Lipinski definition) is 1. The van der Waals surface area contributed by atoms with Crippen molar-refractivity contribution in [2.24, 2.45) is 0 Å². The van der Waals surface area contributed by atoms with Crippen molar-refractivity contribution in [1.29, 1.82) is 0 Å². The van der Waals surface area contributed by atoms with Crippen LogP contribution in [0.4, 0.5) is 0 Å². The molecule has 2 aliphatic rings. The average molecular weight is 363 g/mol. The minimum Gasteiger partial charge on any atom is -0.421 e. The second-order valence-electron chi connectivity index (χ2n) is 4.02. The molecule has 2 aliphatic heterocycles. The summed E-state index contributed by atoms with van der Waals surface area (Å²) in [6.45, 7) is 1.43. The van der Waals surface area contributed by atoms with Crippen LogP contribution in [0.1, 0.15) is 10.5 Å². The van der Waals surface area contributed by atoms with Crippen molar-refractivity contribution in [2.45, 2.75) is 6.17 Å². The van der Waals surface area contributed by atoms with Crippen molar-refractivity contribution in [1.82, 2.24) is 9.58 Å². The Labute approximate surface area is 116 Å². The molecule has 0 bridgehead atoms. The molecule has 1 aromatic rings. The highest BCUT2D eigenvalue weighted by atomic mass is 127. The van der Waals surface area contributed by atoms with Crippen LogP contribution >= 0.6 is 23.0 Å². The van der Waals surface area contributed by atoms with E-state index in [-0.39, 0.29) is 28.9 Å². The molecule has 0 aliphatic carbocycles. The summed E-state index contributed by atoms with van der Waals surface area (Å²) >= 11 is 1.61. The van der Waals surface area contributed by atoms with Gasteiger partial charge in [-0.05, 0) is 0 Å². The number of hydrogen-bond acceptors (Lipinski definition) is 5. The van der Waals surface area contributed by atoms with Crippen LogP contribution in [-0.4, -0.2) is 41.4 Å². The molecule has 0 aromatic carbocycles. The number of rotatable bonds is 1. The third-order valence-corrected chi connectivity index (χ3v) is 3.45. The fourth-order valence-corrected chi connectivity index (χ4v) is 2.58. The molecule has 1 N–H and O–H groups in total. The number of aromatic nitrogens is 1. The number of carbonyl (C=O) groups is 1. The molecule has 1 saturated heterocycles. The van der Waals surface area contributed by atoms with Crippen LogP contribution in [0.5, 0.6) is 5.75 Å². The van der Waals surface area contributed by atoms with Gasteiger partial charge in [-0.25, -0.2) is 0 Å². The molecule has 0 spiro atoms. The van der Waals surface area contributed by atoms with E-state index in [9.17, 15) is 9.59 Å². The first-order valence-electron chi connectivity index (χ1n) is 5.42. The van der Waals surface area contributed by atoms with Crippen molar-refractivity contribution in [3.8, 4) is 5.75 Å². The van der Waals surface area contributed by atoms with Gasteiger partial charge in [0.15, 0.2) is 28.7 Å². The van der Waals surface area contributed by atoms with Gasteiger partial charge in [-0.1, -0.05) is 0 Å². The number of morpholine rings is 1. The van der Waals surface area contributed by atoms with Gasteiger partial charge >= 0.3 is 0 Å². The van der Waals surface area contributed by atoms with Crippen molar-refractivity contribution in [3.63, 3.8) is 0 Å². The minimum absolute atomic E-state index is 0.0561. The molecule has 0 radical (unpaired) electrons. The van der Waals surface area contributed by atoms with Gasteiger partial charge in [0.25, 0.3) is 5.91 Å². The van der Waals surface area contributed by atoms with E-state index in [0.29, 0.717) is 19.8 Å². The summed E-state index contributed by atoms with van der Waals surface area (Å²) in [4.78, 5) is 25.7. The van der Waals surface area contributed by atoms with Crippen LogP contribution in [0.3, 0.4) is 0 Å². The topological polar surface area (TPSA) is 72.8 Å². The van der Waals surface area contributed by atoms with Crippen LogP contribution in [0.2, 0.25) is 0 Å². The number of nitrogens with zero attached hydrogens (tertiary/aromatic N) is 2. The third kappa shape index (κ3) is 1.67. The Morgan fingerprint density at radius 3 is 3.11 bits per heavy atom. The highest BCUT2D eigenvalue weighted by Gasteiger charge is 2.36. The number of halogens is 1. The molecule has 0 saturated carbocycles. The van der Waals surface area contributed by atoms with Crippen molar-refractivity contribution in [2.75, 3.05) is 25.2 Å². The first-order valence-corrected chi connectivity index (χ1v) is 6.30. The van der Waals surface area contributed by atoms with Crippen LogP contribution < -0.4 is 13.9 Å². The number of fused-ring (bicyclic) bond motifs is 2. The Bertz CT molecular complexity index is 559. The van der Waals surface area contributed by atoms with E-state index in [1.165, 1.54) is 16.9 Å². The molecule has 1 unspecified atom stereocenters. The SMILES string of the molecule is O=C1c2c(OI)c(=O)ccn2NC2COCCN12. The molecule has 1 atom stereocenters. The summed E-state index contributed by atoms with van der Waals surface area (Å²) < 4.78 is 11.9. The fraction of sp³-hybridized carbons (Fsp3) is 0.400. The Morgan fingerprint density at radius 2 is 2.33 bits per heavy atom. The molecule has 1 aromatic heterocycles. The zero-order chi connectivity index (χ0) is 12.7. The van der Waals surface area contributed by atoms with E-state index >= 15 is 0 Å². The average Bonchev–Trinajstić information content (AvgIpc) is 2.40. The van der Waals surface area contributed by atoms with Gasteiger partial charge in [0, 0.05) is 18.8 Å². The predicted octanol–water partition coefficient (Wildman–Crippen LogP) is -0.0673. The Hall–Kier alpha value is -1.29. The summed E-state index contributed by atoms with van der Waals surface area (Å²) in [6, 6.07) is 1.36. The van der Waals surface area contributed by atoms with Gasteiger partial charge in [-0.2, -0.15) is 0 Å². The van der Waals surface area contributed by atoms with E-state index in [1.54, 1.807) is 27.9 Å². The lowest BCUT2D eigenvalue weighted by molar-refractivity contribution is -0.00298. The van der Waals surface area contributed by atoms with Crippen LogP contribution in [0.15, 0.2) is 17.1 Å². The molecule has 7 nitrogen and oxygen atoms in total. The molecule has 1 fully saturated rings. The molecule has 3 heterocycles. The standard InChI is InChI=1S/C10H10IN3O4/c11-18-9-6(15)1-2-14-8(9)10(16)13-3-4-17-5-7(13)12-14/h1-2,7,12H,3-5H2. The fourth-order valence-electron chi connectivity index (χ4n) is 2.15. The van der Waals surface area contributed by atoms with Gasteiger partial charge in [0.05, 0.1) is 13.2 Å². The Balaban J connectivity index is 2.13. The maximum absolute atomic E-state index is 12.4. The van der Waals surface area contributed by atoms with Crippen molar-refractivity contribution >= 4 is 28.9 Å². The van der Waals surface area contributed by atoms with Gasteiger partial charge in [0.2, 0.25) is 11.2 Å². The van der Waals surface area contributed by atoms with E-state index in [4.69, 9.17) is 7.80 Å². The number of amides is 1. The first kappa shape index (κ1) is 11.8. The molecular weight excluding hydrogens is 353 g/mol. The minimum atomic E-state index is -0.308. The van der Waals surface area contributed by atoms with Crippen LogP contribution in [0, 0.1) is 0 Å². The van der Waals surface area contributed by atoms with E-state index in [1.807, 2.05) is 0 Å². The predicted molar refractivity (Wildman–Crippen MR) is 70.4 cm³/mol. The number of nitrogens with one attached hydrogen (secondary N) is 1. The third-order valence-electron chi connectivity index (χ3n) is 3.01. The summed E-state index contributed by atoms with van der Waals surface area (Å²) in [6.07, 6.45) is 1.32. The lowest BCUT2D eigenvalue weighted by Gasteiger charge is -2.41. The van der Waals surface area contributed by atoms with Crippen LogP contribution in [0.25, 0.3) is 0 Å².